The maximum absolute atomic E-state index is 11.7. The molecule has 0 fully saturated rings. The molecular weight excluding hydrogens is 284 g/mol. The van der Waals surface area contributed by atoms with Crippen LogP contribution in [-0.2, 0) is 4.79 Å². The lowest BCUT2D eigenvalue weighted by atomic mass is 10.1. The zero-order valence-corrected chi connectivity index (χ0v) is 13.1. The molecule has 0 aliphatic heterocycles. The number of carbonyl (C=O) groups is 2. The minimum absolute atomic E-state index is 0.0411. The van der Waals surface area contributed by atoms with E-state index in [-0.39, 0.29) is 12.5 Å². The number of ether oxygens (including phenoxy) is 1. The molecule has 1 aromatic rings. The fourth-order valence-corrected chi connectivity index (χ4v) is 1.69. The number of hydrogen-bond acceptors (Lipinski definition) is 3. The summed E-state index contributed by atoms with van der Waals surface area (Å²) in [5, 5.41) is 13.8. The number of carboxylic acids is 1. The number of urea groups is 1. The van der Waals surface area contributed by atoms with Gasteiger partial charge in [-0.25, -0.2) is 4.79 Å². The Hall–Kier alpha value is -2.24. The van der Waals surface area contributed by atoms with Crippen molar-refractivity contribution >= 4 is 17.7 Å². The van der Waals surface area contributed by atoms with E-state index in [0.29, 0.717) is 36.9 Å². The summed E-state index contributed by atoms with van der Waals surface area (Å²) in [4.78, 5) is 22.0. The summed E-state index contributed by atoms with van der Waals surface area (Å²) in [6.07, 6.45) is 1.42. The van der Waals surface area contributed by atoms with E-state index in [0.717, 1.165) is 6.42 Å². The quantitative estimate of drug-likeness (QED) is 0.612. The highest BCUT2D eigenvalue weighted by molar-refractivity contribution is 5.89. The Kier molecular flexibility index (Phi) is 7.81. The Morgan fingerprint density at radius 2 is 2.09 bits per heavy atom. The van der Waals surface area contributed by atoms with Crippen LogP contribution in [0.15, 0.2) is 24.3 Å². The van der Waals surface area contributed by atoms with Crippen LogP contribution in [0.1, 0.15) is 33.1 Å². The maximum Gasteiger partial charge on any atom is 0.319 e. The molecule has 0 aliphatic rings. The fraction of sp³-hybridized carbons (Fsp3) is 0.500. The number of rotatable bonds is 9. The van der Waals surface area contributed by atoms with E-state index in [2.05, 4.69) is 24.5 Å². The van der Waals surface area contributed by atoms with Crippen molar-refractivity contribution in [3.05, 3.63) is 24.3 Å². The van der Waals surface area contributed by atoms with Gasteiger partial charge in [0.2, 0.25) is 0 Å². The van der Waals surface area contributed by atoms with Crippen molar-refractivity contribution in [1.29, 1.82) is 0 Å². The normalized spacial score (nSPS) is 10.3. The van der Waals surface area contributed by atoms with Gasteiger partial charge in [-0.05, 0) is 30.9 Å². The molecule has 0 spiro atoms. The lowest BCUT2D eigenvalue weighted by molar-refractivity contribution is -0.137. The van der Waals surface area contributed by atoms with Gasteiger partial charge >= 0.3 is 12.0 Å². The first kappa shape index (κ1) is 17.8. The standard InChI is InChI=1S/C16H24N2O4/c1-12(2)8-10-22-14-6-3-5-13(11-14)18-16(21)17-9-4-7-15(19)20/h3,5-6,11-12H,4,7-10H2,1-2H3,(H,19,20)(H2,17,18,21). The molecule has 3 N–H and O–H groups in total. The van der Waals surface area contributed by atoms with Gasteiger partial charge in [0.15, 0.2) is 0 Å². The van der Waals surface area contributed by atoms with E-state index in [1.54, 1.807) is 12.1 Å². The Morgan fingerprint density at radius 1 is 1.32 bits per heavy atom. The number of nitrogens with one attached hydrogen (secondary N) is 2. The first-order valence-electron chi connectivity index (χ1n) is 7.47. The van der Waals surface area contributed by atoms with Gasteiger partial charge in [0.1, 0.15) is 5.75 Å². The largest absolute Gasteiger partial charge is 0.494 e. The third-order valence-corrected chi connectivity index (χ3v) is 2.91. The monoisotopic (exact) mass is 308 g/mol. The molecule has 0 atom stereocenters. The average molecular weight is 308 g/mol. The predicted molar refractivity (Wildman–Crippen MR) is 85.3 cm³/mol. The number of carboxylic acid groups (broad SMARTS) is 1. The number of amides is 2. The zero-order valence-electron chi connectivity index (χ0n) is 13.1. The van der Waals surface area contributed by atoms with Gasteiger partial charge in [-0.2, -0.15) is 0 Å². The molecule has 2 amide bonds. The van der Waals surface area contributed by atoms with Gasteiger partial charge in [-0.15, -0.1) is 0 Å². The number of benzene rings is 1. The second kappa shape index (κ2) is 9.65. The van der Waals surface area contributed by atoms with Gasteiger partial charge in [0.25, 0.3) is 0 Å². The molecule has 1 aromatic carbocycles. The maximum atomic E-state index is 11.7. The topological polar surface area (TPSA) is 87.7 Å². The zero-order chi connectivity index (χ0) is 16.4. The van der Waals surface area contributed by atoms with Gasteiger partial charge in [-0.3, -0.25) is 4.79 Å². The van der Waals surface area contributed by atoms with E-state index in [1.807, 2.05) is 12.1 Å². The second-order valence-electron chi connectivity index (χ2n) is 5.44. The van der Waals surface area contributed by atoms with E-state index in [4.69, 9.17) is 9.84 Å². The van der Waals surface area contributed by atoms with E-state index in [9.17, 15) is 9.59 Å². The summed E-state index contributed by atoms with van der Waals surface area (Å²) in [5.74, 6) is 0.427. The first-order chi connectivity index (χ1) is 10.5. The van der Waals surface area contributed by atoms with Gasteiger partial charge in [0.05, 0.1) is 6.61 Å². The number of anilines is 1. The van der Waals surface area contributed by atoms with Crippen LogP contribution in [0.5, 0.6) is 5.75 Å². The molecule has 0 aromatic heterocycles. The fourth-order valence-electron chi connectivity index (χ4n) is 1.69. The summed E-state index contributed by atoms with van der Waals surface area (Å²) >= 11 is 0. The van der Waals surface area contributed by atoms with Crippen LogP contribution >= 0.6 is 0 Å². The number of hydrogen-bond donors (Lipinski definition) is 3. The van der Waals surface area contributed by atoms with E-state index >= 15 is 0 Å². The molecule has 6 nitrogen and oxygen atoms in total. The van der Waals surface area contributed by atoms with Crippen molar-refractivity contribution in [3.8, 4) is 5.75 Å². The van der Waals surface area contributed by atoms with Crippen LogP contribution < -0.4 is 15.4 Å². The lowest BCUT2D eigenvalue weighted by Crippen LogP contribution is -2.29. The van der Waals surface area contributed by atoms with Crippen LogP contribution in [0, 0.1) is 5.92 Å². The molecule has 0 saturated heterocycles. The Labute approximate surface area is 130 Å². The SMILES string of the molecule is CC(C)CCOc1cccc(NC(=O)NCCCC(=O)O)c1. The molecule has 1 rings (SSSR count). The number of aliphatic carboxylic acids is 1. The van der Waals surface area contributed by atoms with Gasteiger partial charge < -0.3 is 20.5 Å². The summed E-state index contributed by atoms with van der Waals surface area (Å²) in [6, 6.07) is 6.83. The Bertz CT molecular complexity index is 489. The molecule has 6 heteroatoms. The third-order valence-electron chi connectivity index (χ3n) is 2.91. The molecule has 0 heterocycles. The molecule has 0 aliphatic carbocycles. The van der Waals surface area contributed by atoms with Crippen molar-refractivity contribution in [3.63, 3.8) is 0 Å². The van der Waals surface area contributed by atoms with Crippen molar-refractivity contribution in [1.82, 2.24) is 5.32 Å². The minimum Gasteiger partial charge on any atom is -0.494 e. The molecule has 0 saturated carbocycles. The van der Waals surface area contributed by atoms with Crippen LogP contribution in [-0.4, -0.2) is 30.3 Å². The Morgan fingerprint density at radius 3 is 2.77 bits per heavy atom. The van der Waals surface area contributed by atoms with Crippen LogP contribution in [0.4, 0.5) is 10.5 Å². The molecule has 0 radical (unpaired) electrons. The van der Waals surface area contributed by atoms with Crippen LogP contribution in [0.2, 0.25) is 0 Å². The molecule has 0 bridgehead atoms. The van der Waals surface area contributed by atoms with Crippen molar-refractivity contribution in [2.24, 2.45) is 5.92 Å². The van der Waals surface area contributed by atoms with Crippen molar-refractivity contribution in [2.75, 3.05) is 18.5 Å². The summed E-state index contributed by atoms with van der Waals surface area (Å²) < 4.78 is 5.63. The lowest BCUT2D eigenvalue weighted by Gasteiger charge is -2.11. The Balaban J connectivity index is 2.35. The summed E-state index contributed by atoms with van der Waals surface area (Å²) in [5.41, 5.74) is 0.637. The second-order valence-corrected chi connectivity index (χ2v) is 5.44. The highest BCUT2D eigenvalue weighted by Gasteiger charge is 2.04. The summed E-state index contributed by atoms with van der Waals surface area (Å²) in [6.45, 7) is 5.23. The van der Waals surface area contributed by atoms with Crippen molar-refractivity contribution < 1.29 is 19.4 Å². The average Bonchev–Trinajstić information content (AvgIpc) is 2.43. The minimum atomic E-state index is -0.867. The van der Waals surface area contributed by atoms with Crippen LogP contribution in [0.25, 0.3) is 0 Å². The molecule has 0 unspecified atom stereocenters. The van der Waals surface area contributed by atoms with Crippen LogP contribution in [0.3, 0.4) is 0 Å². The van der Waals surface area contributed by atoms with Gasteiger partial charge in [0, 0.05) is 24.7 Å². The summed E-state index contributed by atoms with van der Waals surface area (Å²) in [7, 11) is 0. The third kappa shape index (κ3) is 8.14. The van der Waals surface area contributed by atoms with Crippen molar-refractivity contribution in [2.45, 2.75) is 33.1 Å². The molecule has 122 valence electrons. The molecular formula is C16H24N2O4. The number of carbonyl (C=O) groups excluding carboxylic acids is 1. The smallest absolute Gasteiger partial charge is 0.319 e. The highest BCUT2D eigenvalue weighted by Crippen LogP contribution is 2.17. The predicted octanol–water partition coefficient (Wildman–Crippen LogP) is 3.10. The van der Waals surface area contributed by atoms with E-state index in [1.165, 1.54) is 0 Å². The van der Waals surface area contributed by atoms with Gasteiger partial charge in [-0.1, -0.05) is 19.9 Å². The highest BCUT2D eigenvalue weighted by atomic mass is 16.5. The molecule has 22 heavy (non-hydrogen) atoms. The first-order valence-corrected chi connectivity index (χ1v) is 7.47. The van der Waals surface area contributed by atoms with E-state index < -0.39 is 5.97 Å².